The van der Waals surface area contributed by atoms with Crippen LogP contribution in [0.1, 0.15) is 72.9 Å². The van der Waals surface area contributed by atoms with Crippen molar-refractivity contribution in [2.24, 2.45) is 0 Å². The Labute approximate surface area is 147 Å². The molecule has 124 valence electrons. The van der Waals surface area contributed by atoms with E-state index in [0.29, 0.717) is 0 Å². The molecular weight excluding hydrogens is 391 g/mol. The third kappa shape index (κ3) is 6.99. The van der Waals surface area contributed by atoms with Crippen molar-refractivity contribution in [2.45, 2.75) is 64.7 Å². The number of carboxylic acids is 1. The number of aromatic carboxylic acids is 1. The van der Waals surface area contributed by atoms with Crippen molar-refractivity contribution in [1.82, 2.24) is 0 Å². The number of aryl methyl sites for hydroxylation is 2. The molecule has 0 saturated heterocycles. The molecule has 0 radical (unpaired) electrons. The van der Waals surface area contributed by atoms with E-state index < -0.39 is 5.97 Å². The normalized spacial score (nSPS) is 10.8. The van der Waals surface area contributed by atoms with Crippen LogP contribution < -0.4 is 0 Å². The molecule has 1 aromatic carbocycles. The molecule has 0 bridgehead atoms. The van der Waals surface area contributed by atoms with Crippen molar-refractivity contribution in [3.05, 3.63) is 28.8 Å². The Hall–Kier alpha value is -0.780. The highest BCUT2D eigenvalue weighted by atomic mass is 127. The van der Waals surface area contributed by atoms with Gasteiger partial charge in [-0.25, -0.2) is 4.79 Å². The van der Waals surface area contributed by atoms with E-state index in [0.717, 1.165) is 30.4 Å². The van der Waals surface area contributed by atoms with Crippen LogP contribution in [0, 0.1) is 6.92 Å². The number of hydrogen-bond donors (Lipinski definition) is 2. The van der Waals surface area contributed by atoms with Crippen LogP contribution in [0.2, 0.25) is 0 Å². The zero-order valence-corrected chi connectivity index (χ0v) is 15.6. The zero-order valence-electron chi connectivity index (χ0n) is 13.4. The van der Waals surface area contributed by atoms with Crippen LogP contribution in [-0.4, -0.2) is 20.6 Å². The average Bonchev–Trinajstić information content (AvgIpc) is 2.48. The summed E-state index contributed by atoms with van der Waals surface area (Å²) in [5, 5.41) is 19.1. The summed E-state index contributed by atoms with van der Waals surface area (Å²) in [6, 6.07) is 3.42. The predicted octanol–water partition coefficient (Wildman–Crippen LogP) is 5.50. The molecule has 0 saturated carbocycles. The third-order valence-corrected chi connectivity index (χ3v) is 4.66. The summed E-state index contributed by atoms with van der Waals surface area (Å²) in [5.41, 5.74) is 1.67. The Bertz CT molecular complexity index is 472. The van der Waals surface area contributed by atoms with Gasteiger partial charge in [-0.05, 0) is 47.8 Å². The lowest BCUT2D eigenvalue weighted by Gasteiger charge is -2.09. The van der Waals surface area contributed by atoms with Crippen molar-refractivity contribution in [2.75, 3.05) is 4.43 Å². The molecule has 3 nitrogen and oxygen atoms in total. The minimum atomic E-state index is -1.06. The second-order valence-corrected chi connectivity index (χ2v) is 6.97. The summed E-state index contributed by atoms with van der Waals surface area (Å²) < 4.78 is 1.26. The Morgan fingerprint density at radius 3 is 2.09 bits per heavy atom. The van der Waals surface area contributed by atoms with Crippen LogP contribution in [0.5, 0.6) is 5.75 Å². The van der Waals surface area contributed by atoms with E-state index in [-0.39, 0.29) is 11.3 Å². The van der Waals surface area contributed by atoms with E-state index in [1.54, 1.807) is 0 Å². The Morgan fingerprint density at radius 2 is 1.55 bits per heavy atom. The molecule has 22 heavy (non-hydrogen) atoms. The van der Waals surface area contributed by atoms with Gasteiger partial charge in [0.1, 0.15) is 11.3 Å². The van der Waals surface area contributed by atoms with Gasteiger partial charge < -0.3 is 10.2 Å². The number of rotatable bonds is 11. The van der Waals surface area contributed by atoms with Crippen LogP contribution in [-0.2, 0) is 6.42 Å². The third-order valence-electron chi connectivity index (χ3n) is 3.89. The Balaban J connectivity index is 2.29. The second-order valence-electron chi connectivity index (χ2n) is 5.89. The lowest BCUT2D eigenvalue weighted by molar-refractivity contribution is 0.0693. The minimum absolute atomic E-state index is 0.0188. The van der Waals surface area contributed by atoms with Crippen molar-refractivity contribution < 1.29 is 15.0 Å². The molecule has 0 spiro atoms. The smallest absolute Gasteiger partial charge is 0.339 e. The SMILES string of the molecule is Cc1cc(CCCCCCCCCCI)c(O)c(C(=O)O)c1. The number of hydrogen-bond acceptors (Lipinski definition) is 2. The first kappa shape index (κ1) is 19.3. The number of aromatic hydroxyl groups is 1. The van der Waals surface area contributed by atoms with E-state index in [9.17, 15) is 9.90 Å². The van der Waals surface area contributed by atoms with Gasteiger partial charge in [0.2, 0.25) is 0 Å². The van der Waals surface area contributed by atoms with Gasteiger partial charge in [-0.2, -0.15) is 0 Å². The van der Waals surface area contributed by atoms with Crippen LogP contribution in [0.3, 0.4) is 0 Å². The molecule has 1 aromatic rings. The summed E-state index contributed by atoms with van der Waals surface area (Å²) in [6.07, 6.45) is 10.7. The first-order chi connectivity index (χ1) is 10.6. The van der Waals surface area contributed by atoms with Crippen LogP contribution in [0.4, 0.5) is 0 Å². The number of benzene rings is 1. The number of unbranched alkanes of at least 4 members (excludes halogenated alkanes) is 7. The van der Waals surface area contributed by atoms with Crippen LogP contribution in [0.15, 0.2) is 12.1 Å². The number of alkyl halides is 1. The second kappa shape index (κ2) is 10.9. The molecule has 0 aliphatic rings. The zero-order chi connectivity index (χ0) is 16.4. The highest BCUT2D eigenvalue weighted by molar-refractivity contribution is 14.1. The van der Waals surface area contributed by atoms with Gasteiger partial charge >= 0.3 is 5.97 Å². The van der Waals surface area contributed by atoms with E-state index in [4.69, 9.17) is 5.11 Å². The molecule has 0 aliphatic heterocycles. The summed E-state index contributed by atoms with van der Waals surface area (Å²) >= 11 is 2.43. The van der Waals surface area contributed by atoms with Crippen molar-refractivity contribution in [3.8, 4) is 5.75 Å². The van der Waals surface area contributed by atoms with E-state index >= 15 is 0 Å². The van der Waals surface area contributed by atoms with E-state index in [2.05, 4.69) is 22.6 Å². The van der Waals surface area contributed by atoms with Crippen molar-refractivity contribution in [1.29, 1.82) is 0 Å². The first-order valence-corrected chi connectivity index (χ1v) is 9.70. The maximum absolute atomic E-state index is 11.1. The molecule has 0 fully saturated rings. The first-order valence-electron chi connectivity index (χ1n) is 8.18. The fourth-order valence-corrected chi connectivity index (χ4v) is 3.22. The molecule has 0 unspecified atom stereocenters. The van der Waals surface area contributed by atoms with Gasteiger partial charge in [0.05, 0.1) is 0 Å². The van der Waals surface area contributed by atoms with Gasteiger partial charge in [-0.3, -0.25) is 0 Å². The molecule has 0 amide bonds. The largest absolute Gasteiger partial charge is 0.507 e. The number of halogens is 1. The van der Waals surface area contributed by atoms with E-state index in [1.807, 2.05) is 13.0 Å². The lowest BCUT2D eigenvalue weighted by Crippen LogP contribution is -2.00. The van der Waals surface area contributed by atoms with Gasteiger partial charge in [-0.1, -0.05) is 67.2 Å². The maximum atomic E-state index is 11.1. The predicted molar refractivity (Wildman–Crippen MR) is 99.3 cm³/mol. The molecule has 0 aromatic heterocycles. The van der Waals surface area contributed by atoms with Gasteiger partial charge in [0, 0.05) is 0 Å². The molecule has 0 atom stereocenters. The fourth-order valence-electron chi connectivity index (χ4n) is 2.68. The summed E-state index contributed by atoms with van der Waals surface area (Å²) in [5.74, 6) is -1.12. The lowest BCUT2D eigenvalue weighted by atomic mass is 9.99. The number of phenols is 1. The summed E-state index contributed by atoms with van der Waals surface area (Å²) in [7, 11) is 0. The van der Waals surface area contributed by atoms with Crippen molar-refractivity contribution in [3.63, 3.8) is 0 Å². The Kier molecular flexibility index (Phi) is 9.52. The van der Waals surface area contributed by atoms with Gasteiger partial charge in [-0.15, -0.1) is 0 Å². The quantitative estimate of drug-likeness (QED) is 0.284. The molecule has 2 N–H and O–H groups in total. The summed E-state index contributed by atoms with van der Waals surface area (Å²) in [4.78, 5) is 11.1. The monoisotopic (exact) mass is 418 g/mol. The highest BCUT2D eigenvalue weighted by Gasteiger charge is 2.14. The molecular formula is C18H27IO3. The van der Waals surface area contributed by atoms with E-state index in [1.165, 1.54) is 49.0 Å². The fraction of sp³-hybridized carbons (Fsp3) is 0.611. The highest BCUT2D eigenvalue weighted by Crippen LogP contribution is 2.26. The molecule has 0 aliphatic carbocycles. The summed E-state index contributed by atoms with van der Waals surface area (Å²) in [6.45, 7) is 1.87. The average molecular weight is 418 g/mol. The minimum Gasteiger partial charge on any atom is -0.507 e. The van der Waals surface area contributed by atoms with Gasteiger partial charge in [0.15, 0.2) is 0 Å². The Morgan fingerprint density at radius 1 is 1.00 bits per heavy atom. The van der Waals surface area contributed by atoms with Crippen LogP contribution >= 0.6 is 22.6 Å². The van der Waals surface area contributed by atoms with Crippen molar-refractivity contribution >= 4 is 28.6 Å². The molecule has 0 heterocycles. The number of carboxylic acid groups (broad SMARTS) is 1. The number of carbonyl (C=O) groups is 1. The van der Waals surface area contributed by atoms with Gasteiger partial charge in [0.25, 0.3) is 0 Å². The van der Waals surface area contributed by atoms with Crippen LogP contribution in [0.25, 0.3) is 0 Å². The maximum Gasteiger partial charge on any atom is 0.339 e. The molecule has 1 rings (SSSR count). The standard InChI is InChI=1S/C18H27IO3/c1-14-12-15(17(20)16(13-14)18(21)22)10-8-6-4-2-3-5-7-9-11-19/h12-13,20H,2-11H2,1H3,(H,21,22). The topological polar surface area (TPSA) is 57.5 Å². The molecule has 4 heteroatoms.